The Morgan fingerprint density at radius 3 is 2.62 bits per heavy atom. The average Bonchev–Trinajstić information content (AvgIpc) is 3.08. The maximum absolute atomic E-state index is 13.3. The molecule has 0 unspecified atom stereocenters. The van der Waals surface area contributed by atoms with Gasteiger partial charge in [0.15, 0.2) is 11.6 Å². The molecule has 3 heterocycles. The van der Waals surface area contributed by atoms with Crippen LogP contribution < -0.4 is 4.90 Å². The molecule has 1 fully saturated rings. The van der Waals surface area contributed by atoms with E-state index < -0.39 is 11.6 Å². The number of hydrogen-bond acceptors (Lipinski definition) is 5. The number of nitrogens with zero attached hydrogens (tertiary/aromatic N) is 4. The smallest absolute Gasteiger partial charge is 0.159 e. The molecule has 3 aromatic rings. The van der Waals surface area contributed by atoms with Crippen molar-refractivity contribution in [2.24, 2.45) is 0 Å². The lowest BCUT2D eigenvalue weighted by atomic mass is 10.2. The fourth-order valence-corrected chi connectivity index (χ4v) is 3.77. The van der Waals surface area contributed by atoms with Crippen LogP contribution in [0.2, 0.25) is 0 Å². The summed E-state index contributed by atoms with van der Waals surface area (Å²) < 4.78 is 26.3. The van der Waals surface area contributed by atoms with Gasteiger partial charge in [0.05, 0.1) is 5.39 Å². The highest BCUT2D eigenvalue weighted by Crippen LogP contribution is 2.27. The van der Waals surface area contributed by atoms with E-state index in [1.807, 2.05) is 5.38 Å². The first-order valence-corrected chi connectivity index (χ1v) is 8.68. The predicted molar refractivity (Wildman–Crippen MR) is 91.3 cm³/mol. The van der Waals surface area contributed by atoms with E-state index in [4.69, 9.17) is 0 Å². The van der Waals surface area contributed by atoms with E-state index in [9.17, 15) is 8.78 Å². The van der Waals surface area contributed by atoms with Crippen molar-refractivity contribution in [1.29, 1.82) is 0 Å². The van der Waals surface area contributed by atoms with E-state index in [-0.39, 0.29) is 0 Å². The van der Waals surface area contributed by atoms with E-state index in [0.29, 0.717) is 6.54 Å². The number of hydrogen-bond donors (Lipinski definition) is 0. The molecule has 1 aliphatic heterocycles. The fourth-order valence-electron chi connectivity index (χ4n) is 3.04. The summed E-state index contributed by atoms with van der Waals surface area (Å²) in [7, 11) is 0. The normalized spacial score (nSPS) is 16.0. The van der Waals surface area contributed by atoms with Gasteiger partial charge in [0.25, 0.3) is 0 Å². The maximum Gasteiger partial charge on any atom is 0.159 e. The molecule has 0 saturated carbocycles. The Morgan fingerprint density at radius 2 is 1.83 bits per heavy atom. The SMILES string of the molecule is Fc1ccc(CN2CCN(c3ncnc4sccc34)CC2)cc1F. The molecule has 1 aliphatic rings. The molecular weight excluding hydrogens is 330 g/mol. The Kier molecular flexibility index (Phi) is 4.12. The molecule has 0 radical (unpaired) electrons. The second-order valence-corrected chi connectivity index (χ2v) is 6.74. The second kappa shape index (κ2) is 6.41. The summed E-state index contributed by atoms with van der Waals surface area (Å²) in [6, 6.07) is 6.17. The second-order valence-electron chi connectivity index (χ2n) is 5.85. The highest BCUT2D eigenvalue weighted by Gasteiger charge is 2.20. The summed E-state index contributed by atoms with van der Waals surface area (Å²) in [4.78, 5) is 14.2. The first-order chi connectivity index (χ1) is 11.7. The lowest BCUT2D eigenvalue weighted by molar-refractivity contribution is 0.249. The number of rotatable bonds is 3. The van der Waals surface area contributed by atoms with E-state index in [1.54, 1.807) is 23.7 Å². The van der Waals surface area contributed by atoms with Crippen LogP contribution in [-0.4, -0.2) is 41.0 Å². The molecule has 0 spiro atoms. The molecule has 1 saturated heterocycles. The first kappa shape index (κ1) is 15.4. The standard InChI is InChI=1S/C17H16F2N4S/c18-14-2-1-12(9-15(14)19)10-22-4-6-23(7-5-22)16-13-3-8-24-17(13)21-11-20-16/h1-3,8-9,11H,4-7,10H2. The van der Waals surface area contributed by atoms with E-state index in [2.05, 4.69) is 25.8 Å². The molecule has 2 aromatic heterocycles. The highest BCUT2D eigenvalue weighted by molar-refractivity contribution is 7.16. The minimum atomic E-state index is -0.799. The third kappa shape index (κ3) is 2.97. The minimum absolute atomic E-state index is 0.628. The molecule has 0 N–H and O–H groups in total. The summed E-state index contributed by atoms with van der Waals surface area (Å²) in [5, 5.41) is 3.12. The Morgan fingerprint density at radius 1 is 1.00 bits per heavy atom. The zero-order chi connectivity index (χ0) is 16.5. The van der Waals surface area contributed by atoms with Crippen molar-refractivity contribution in [2.75, 3.05) is 31.1 Å². The van der Waals surface area contributed by atoms with Gasteiger partial charge in [-0.2, -0.15) is 0 Å². The van der Waals surface area contributed by atoms with Crippen LogP contribution in [0.4, 0.5) is 14.6 Å². The van der Waals surface area contributed by atoms with Crippen molar-refractivity contribution in [3.63, 3.8) is 0 Å². The lowest BCUT2D eigenvalue weighted by Gasteiger charge is -2.35. The lowest BCUT2D eigenvalue weighted by Crippen LogP contribution is -2.46. The van der Waals surface area contributed by atoms with Gasteiger partial charge in [0.1, 0.15) is 17.0 Å². The summed E-state index contributed by atoms with van der Waals surface area (Å²) >= 11 is 1.62. The Balaban J connectivity index is 1.43. The van der Waals surface area contributed by atoms with E-state index in [0.717, 1.165) is 47.8 Å². The summed E-state index contributed by atoms with van der Waals surface area (Å²) in [6.45, 7) is 4.04. The molecule has 7 heteroatoms. The number of aromatic nitrogens is 2. The van der Waals surface area contributed by atoms with Gasteiger partial charge in [0, 0.05) is 32.7 Å². The van der Waals surface area contributed by atoms with Gasteiger partial charge in [-0.3, -0.25) is 4.90 Å². The third-order valence-corrected chi connectivity index (χ3v) is 5.12. The number of anilines is 1. The predicted octanol–water partition coefficient (Wildman–Crippen LogP) is 3.29. The molecule has 0 aliphatic carbocycles. The van der Waals surface area contributed by atoms with Gasteiger partial charge in [-0.05, 0) is 29.1 Å². The molecular formula is C17H16F2N4S. The Labute approximate surface area is 142 Å². The minimum Gasteiger partial charge on any atom is -0.353 e. The maximum atomic E-state index is 13.3. The molecule has 24 heavy (non-hydrogen) atoms. The van der Waals surface area contributed by atoms with Crippen LogP contribution in [0.1, 0.15) is 5.56 Å². The van der Waals surface area contributed by atoms with Crippen molar-refractivity contribution in [3.8, 4) is 0 Å². The Bertz CT molecular complexity index is 859. The molecule has 0 amide bonds. The topological polar surface area (TPSA) is 32.3 Å². The van der Waals surface area contributed by atoms with Crippen molar-refractivity contribution in [3.05, 3.63) is 53.2 Å². The van der Waals surface area contributed by atoms with Gasteiger partial charge in [-0.1, -0.05) is 6.07 Å². The highest BCUT2D eigenvalue weighted by atomic mass is 32.1. The van der Waals surface area contributed by atoms with Gasteiger partial charge < -0.3 is 4.90 Å². The van der Waals surface area contributed by atoms with Gasteiger partial charge in [-0.25, -0.2) is 18.7 Å². The van der Waals surface area contributed by atoms with Crippen LogP contribution in [0.3, 0.4) is 0 Å². The fraction of sp³-hybridized carbons (Fsp3) is 0.294. The number of thiophene rings is 1. The molecule has 4 rings (SSSR count). The quantitative estimate of drug-likeness (QED) is 0.728. The van der Waals surface area contributed by atoms with Crippen molar-refractivity contribution in [1.82, 2.24) is 14.9 Å². The van der Waals surface area contributed by atoms with Crippen LogP contribution in [0.15, 0.2) is 36.0 Å². The molecule has 124 valence electrons. The van der Waals surface area contributed by atoms with Crippen LogP contribution in [0, 0.1) is 11.6 Å². The number of piperazine rings is 1. The summed E-state index contributed by atoms with van der Waals surface area (Å²) in [5.41, 5.74) is 0.796. The van der Waals surface area contributed by atoms with E-state index >= 15 is 0 Å². The average molecular weight is 346 g/mol. The monoisotopic (exact) mass is 346 g/mol. The van der Waals surface area contributed by atoms with Crippen LogP contribution in [0.5, 0.6) is 0 Å². The Hall–Kier alpha value is -2.12. The molecule has 0 bridgehead atoms. The first-order valence-electron chi connectivity index (χ1n) is 7.80. The number of halogens is 2. The van der Waals surface area contributed by atoms with Crippen LogP contribution >= 0.6 is 11.3 Å². The van der Waals surface area contributed by atoms with Gasteiger partial charge in [-0.15, -0.1) is 11.3 Å². The summed E-state index contributed by atoms with van der Waals surface area (Å²) in [5.74, 6) is -0.604. The van der Waals surface area contributed by atoms with Crippen molar-refractivity contribution in [2.45, 2.75) is 6.54 Å². The van der Waals surface area contributed by atoms with Crippen molar-refractivity contribution < 1.29 is 8.78 Å². The van der Waals surface area contributed by atoms with Gasteiger partial charge in [0.2, 0.25) is 0 Å². The zero-order valence-corrected chi connectivity index (χ0v) is 13.8. The third-order valence-electron chi connectivity index (χ3n) is 4.30. The molecule has 1 aromatic carbocycles. The van der Waals surface area contributed by atoms with Crippen molar-refractivity contribution >= 4 is 27.4 Å². The van der Waals surface area contributed by atoms with E-state index in [1.165, 1.54) is 12.1 Å². The number of fused-ring (bicyclic) bond motifs is 1. The zero-order valence-electron chi connectivity index (χ0n) is 13.0. The summed E-state index contributed by atoms with van der Waals surface area (Å²) in [6.07, 6.45) is 1.61. The largest absolute Gasteiger partial charge is 0.353 e. The van der Waals surface area contributed by atoms with Crippen LogP contribution in [-0.2, 0) is 6.54 Å². The molecule has 0 atom stereocenters. The van der Waals surface area contributed by atoms with Gasteiger partial charge >= 0.3 is 0 Å². The molecule has 4 nitrogen and oxygen atoms in total. The number of benzene rings is 1. The van der Waals surface area contributed by atoms with Crippen LogP contribution in [0.25, 0.3) is 10.2 Å².